The van der Waals surface area contributed by atoms with E-state index in [0.717, 1.165) is 22.7 Å². The molecule has 0 unspecified atom stereocenters. The molecule has 0 aliphatic carbocycles. The summed E-state index contributed by atoms with van der Waals surface area (Å²) in [7, 11) is 0. The van der Waals surface area contributed by atoms with Crippen LogP contribution in [-0.4, -0.2) is 6.79 Å². The van der Waals surface area contributed by atoms with Crippen molar-refractivity contribution in [3.05, 3.63) is 53.6 Å². The van der Waals surface area contributed by atoms with Crippen molar-refractivity contribution >= 4 is 5.69 Å². The number of benzene rings is 2. The molecule has 0 saturated carbocycles. The van der Waals surface area contributed by atoms with Gasteiger partial charge in [-0.25, -0.2) is 0 Å². The Morgan fingerprint density at radius 2 is 1.84 bits per heavy atom. The average molecular weight is 252 g/mol. The van der Waals surface area contributed by atoms with Crippen LogP contribution < -0.4 is 14.8 Å². The van der Waals surface area contributed by atoms with Crippen molar-refractivity contribution in [2.75, 3.05) is 12.1 Å². The summed E-state index contributed by atoms with van der Waals surface area (Å²) in [6, 6.07) is 15.4. The molecule has 1 heterocycles. The molecule has 0 amide bonds. The van der Waals surface area contributed by atoms with E-state index in [9.17, 15) is 0 Å². The van der Waals surface area contributed by atoms with E-state index in [1.54, 1.807) is 12.1 Å². The Kier molecular flexibility index (Phi) is 2.95. The molecule has 1 aliphatic rings. The molecule has 2 aromatic rings. The quantitative estimate of drug-likeness (QED) is 0.912. The molecule has 0 atom stereocenters. The highest BCUT2D eigenvalue weighted by atomic mass is 16.7. The molecule has 94 valence electrons. The van der Waals surface area contributed by atoms with Gasteiger partial charge in [-0.05, 0) is 42.0 Å². The number of hydrogen-bond acceptors (Lipinski definition) is 4. The molecule has 4 heteroatoms. The van der Waals surface area contributed by atoms with Gasteiger partial charge in [0.2, 0.25) is 6.79 Å². The first-order valence-corrected chi connectivity index (χ1v) is 5.98. The second-order valence-corrected chi connectivity index (χ2v) is 4.23. The van der Waals surface area contributed by atoms with Gasteiger partial charge >= 0.3 is 0 Å². The van der Waals surface area contributed by atoms with Crippen LogP contribution in [0.15, 0.2) is 42.5 Å². The summed E-state index contributed by atoms with van der Waals surface area (Å²) >= 11 is 0. The third-order valence-electron chi connectivity index (χ3n) is 2.95. The van der Waals surface area contributed by atoms with Gasteiger partial charge in [0.1, 0.15) is 0 Å². The van der Waals surface area contributed by atoms with E-state index in [4.69, 9.17) is 14.7 Å². The molecule has 0 saturated heterocycles. The van der Waals surface area contributed by atoms with Gasteiger partial charge in [0.25, 0.3) is 0 Å². The van der Waals surface area contributed by atoms with Crippen LogP contribution in [0, 0.1) is 11.3 Å². The third kappa shape index (κ3) is 2.45. The Bertz CT molecular complexity index is 630. The zero-order valence-electron chi connectivity index (χ0n) is 10.2. The lowest BCUT2D eigenvalue weighted by atomic mass is 10.2. The Morgan fingerprint density at radius 3 is 2.63 bits per heavy atom. The maximum Gasteiger partial charge on any atom is 0.231 e. The smallest absolute Gasteiger partial charge is 0.231 e. The summed E-state index contributed by atoms with van der Waals surface area (Å²) in [6.45, 7) is 0.990. The van der Waals surface area contributed by atoms with Gasteiger partial charge in [-0.15, -0.1) is 0 Å². The fraction of sp³-hybridized carbons (Fsp3) is 0.133. The Balaban J connectivity index is 1.67. The summed E-state index contributed by atoms with van der Waals surface area (Å²) < 4.78 is 10.6. The number of nitrogens with zero attached hydrogens (tertiary/aromatic N) is 1. The topological polar surface area (TPSA) is 54.3 Å². The van der Waals surface area contributed by atoms with Crippen LogP contribution in [-0.2, 0) is 6.54 Å². The fourth-order valence-corrected chi connectivity index (χ4v) is 1.92. The van der Waals surface area contributed by atoms with Gasteiger partial charge in [-0.1, -0.05) is 6.07 Å². The van der Waals surface area contributed by atoms with Gasteiger partial charge in [-0.2, -0.15) is 5.26 Å². The predicted octanol–water partition coefficient (Wildman–Crippen LogP) is 2.90. The normalized spacial score (nSPS) is 11.9. The van der Waals surface area contributed by atoms with Gasteiger partial charge in [0.15, 0.2) is 11.5 Å². The first-order chi connectivity index (χ1) is 9.35. The molecule has 0 bridgehead atoms. The van der Waals surface area contributed by atoms with Gasteiger partial charge in [0, 0.05) is 12.2 Å². The predicted molar refractivity (Wildman–Crippen MR) is 71.0 cm³/mol. The zero-order chi connectivity index (χ0) is 13.1. The van der Waals surface area contributed by atoms with Crippen LogP contribution in [0.2, 0.25) is 0 Å². The van der Waals surface area contributed by atoms with E-state index in [2.05, 4.69) is 11.4 Å². The van der Waals surface area contributed by atoms with Crippen LogP contribution in [0.1, 0.15) is 11.1 Å². The lowest BCUT2D eigenvalue weighted by Gasteiger charge is -2.07. The molecular weight excluding hydrogens is 240 g/mol. The van der Waals surface area contributed by atoms with E-state index in [0.29, 0.717) is 18.9 Å². The number of fused-ring (bicyclic) bond motifs is 1. The number of hydrogen-bond donors (Lipinski definition) is 1. The maximum atomic E-state index is 8.73. The minimum atomic E-state index is 0.293. The molecule has 19 heavy (non-hydrogen) atoms. The largest absolute Gasteiger partial charge is 0.454 e. The van der Waals surface area contributed by atoms with Crippen LogP contribution in [0.4, 0.5) is 5.69 Å². The van der Waals surface area contributed by atoms with E-state index in [1.165, 1.54) is 0 Å². The van der Waals surface area contributed by atoms with E-state index in [-0.39, 0.29) is 0 Å². The van der Waals surface area contributed by atoms with Crippen molar-refractivity contribution in [3.8, 4) is 17.6 Å². The highest BCUT2D eigenvalue weighted by molar-refractivity contribution is 5.49. The highest BCUT2D eigenvalue weighted by Gasteiger charge is 2.12. The molecule has 2 aromatic carbocycles. The number of rotatable bonds is 3. The maximum absolute atomic E-state index is 8.73. The average Bonchev–Trinajstić information content (AvgIpc) is 2.93. The molecular formula is C15H12N2O2. The van der Waals surface area contributed by atoms with Gasteiger partial charge in [-0.3, -0.25) is 0 Å². The van der Waals surface area contributed by atoms with Crippen molar-refractivity contribution in [3.63, 3.8) is 0 Å². The second-order valence-electron chi connectivity index (χ2n) is 4.23. The Morgan fingerprint density at radius 1 is 1.05 bits per heavy atom. The molecule has 1 aliphatic heterocycles. The first kappa shape index (κ1) is 11.4. The number of anilines is 1. The van der Waals surface area contributed by atoms with Crippen LogP contribution in [0.5, 0.6) is 11.5 Å². The molecule has 4 nitrogen and oxygen atoms in total. The summed E-state index contributed by atoms with van der Waals surface area (Å²) in [5, 5.41) is 12.0. The third-order valence-corrected chi connectivity index (χ3v) is 2.95. The van der Waals surface area contributed by atoms with Gasteiger partial charge < -0.3 is 14.8 Å². The summed E-state index contributed by atoms with van der Waals surface area (Å²) in [5.41, 5.74) is 2.76. The fourth-order valence-electron chi connectivity index (χ4n) is 1.92. The van der Waals surface area contributed by atoms with Crippen LogP contribution in [0.3, 0.4) is 0 Å². The summed E-state index contributed by atoms with van der Waals surface area (Å²) in [5.74, 6) is 1.58. The number of ether oxygens (including phenoxy) is 2. The van der Waals surface area contributed by atoms with Gasteiger partial charge in [0.05, 0.1) is 11.6 Å². The van der Waals surface area contributed by atoms with E-state index >= 15 is 0 Å². The molecule has 1 N–H and O–H groups in total. The lowest BCUT2D eigenvalue weighted by molar-refractivity contribution is 0.174. The molecule has 0 aromatic heterocycles. The SMILES string of the molecule is N#Cc1ccc(NCc2ccc3c(c2)OCO3)cc1. The first-order valence-electron chi connectivity index (χ1n) is 5.98. The standard InChI is InChI=1S/C15H12N2O2/c16-8-11-1-4-13(5-2-11)17-9-12-3-6-14-15(7-12)19-10-18-14/h1-7,17H,9-10H2. The van der Waals surface area contributed by atoms with Crippen LogP contribution in [0.25, 0.3) is 0 Å². The van der Waals surface area contributed by atoms with Crippen molar-refractivity contribution in [1.29, 1.82) is 5.26 Å². The molecule has 0 radical (unpaired) electrons. The summed E-state index contributed by atoms with van der Waals surface area (Å²) in [6.07, 6.45) is 0. The van der Waals surface area contributed by atoms with Crippen LogP contribution >= 0.6 is 0 Å². The number of nitrogens with one attached hydrogen (secondary N) is 1. The van der Waals surface area contributed by atoms with E-state index < -0.39 is 0 Å². The van der Waals surface area contributed by atoms with Crippen molar-refractivity contribution in [2.45, 2.75) is 6.54 Å². The van der Waals surface area contributed by atoms with Crippen molar-refractivity contribution < 1.29 is 9.47 Å². The Labute approximate surface area is 111 Å². The molecule has 0 fully saturated rings. The number of nitriles is 1. The molecule has 3 rings (SSSR count). The van der Waals surface area contributed by atoms with Crippen molar-refractivity contribution in [2.24, 2.45) is 0 Å². The zero-order valence-corrected chi connectivity index (χ0v) is 10.2. The highest BCUT2D eigenvalue weighted by Crippen LogP contribution is 2.32. The minimum Gasteiger partial charge on any atom is -0.454 e. The summed E-state index contributed by atoms with van der Waals surface area (Å²) in [4.78, 5) is 0. The Hall–Kier alpha value is -2.67. The monoisotopic (exact) mass is 252 g/mol. The van der Waals surface area contributed by atoms with Crippen molar-refractivity contribution in [1.82, 2.24) is 0 Å². The second kappa shape index (κ2) is 4.91. The lowest BCUT2D eigenvalue weighted by Crippen LogP contribution is -1.99. The van der Waals surface area contributed by atoms with E-state index in [1.807, 2.05) is 30.3 Å². The molecule has 0 spiro atoms. The minimum absolute atomic E-state index is 0.293.